The number of nitrogens with one attached hydrogen (secondary N) is 2. The summed E-state index contributed by atoms with van der Waals surface area (Å²) in [6.07, 6.45) is 1.74. The average molecular weight is 405 g/mol. The van der Waals surface area contributed by atoms with Gasteiger partial charge in [0, 0.05) is 14.8 Å². The summed E-state index contributed by atoms with van der Waals surface area (Å²) in [6, 6.07) is 15.3. The number of piperidine rings is 1. The lowest BCUT2D eigenvalue weighted by Gasteiger charge is -2.27. The van der Waals surface area contributed by atoms with Gasteiger partial charge in [0.05, 0.1) is 24.7 Å². The Hall–Kier alpha value is -2.02. The number of para-hydroxylation sites is 1. The Kier molecular flexibility index (Phi) is 6.77. The fourth-order valence-electron chi connectivity index (χ4n) is 3.26. The lowest BCUT2D eigenvalue weighted by Crippen LogP contribution is -3.14. The quantitative estimate of drug-likeness (QED) is 0.690. The van der Waals surface area contributed by atoms with Gasteiger partial charge < -0.3 is 16.0 Å². The molecule has 2 aromatic rings. The van der Waals surface area contributed by atoms with E-state index in [-0.39, 0.29) is 17.7 Å². The molecular weight excluding hydrogens is 382 g/mol. The third-order valence-electron chi connectivity index (χ3n) is 4.63. The van der Waals surface area contributed by atoms with Gasteiger partial charge in [0.1, 0.15) is 0 Å². The van der Waals surface area contributed by atoms with Gasteiger partial charge in [-0.2, -0.15) is 0 Å². The molecule has 0 bridgehead atoms. The first-order valence-corrected chi connectivity index (χ1v) is 10.2. The maximum atomic E-state index is 12.5. The van der Waals surface area contributed by atoms with Crippen LogP contribution in [0.2, 0.25) is 5.02 Å². The van der Waals surface area contributed by atoms with Gasteiger partial charge in [0.15, 0.2) is 6.54 Å². The van der Waals surface area contributed by atoms with Crippen molar-refractivity contribution >= 4 is 40.9 Å². The smallest absolute Gasteiger partial charge is 0.279 e. The van der Waals surface area contributed by atoms with Crippen LogP contribution in [0.3, 0.4) is 0 Å². The first kappa shape index (κ1) is 19.7. The lowest BCUT2D eigenvalue weighted by molar-refractivity contribution is -0.899. The van der Waals surface area contributed by atoms with Crippen LogP contribution in [0, 0.1) is 5.92 Å². The number of benzene rings is 2. The Morgan fingerprint density at radius 2 is 1.93 bits per heavy atom. The molecule has 0 radical (unpaired) electrons. The Morgan fingerprint density at radius 3 is 2.67 bits per heavy atom. The second-order valence-corrected chi connectivity index (χ2v) is 8.27. The molecule has 1 saturated heterocycles. The topological polar surface area (TPSA) is 76.6 Å². The number of anilines is 1. The number of primary amides is 1. The van der Waals surface area contributed by atoms with E-state index >= 15 is 0 Å². The van der Waals surface area contributed by atoms with Crippen LogP contribution in [0.5, 0.6) is 0 Å². The molecule has 0 aromatic heterocycles. The highest BCUT2D eigenvalue weighted by Crippen LogP contribution is 2.33. The van der Waals surface area contributed by atoms with E-state index in [4.69, 9.17) is 17.3 Å². The summed E-state index contributed by atoms with van der Waals surface area (Å²) in [4.78, 5) is 27.1. The Bertz CT molecular complexity index is 813. The molecule has 0 aliphatic carbocycles. The minimum absolute atomic E-state index is 0.0562. The number of likely N-dealkylation sites (tertiary alicyclic amines) is 1. The maximum Gasteiger partial charge on any atom is 0.279 e. The second-order valence-electron chi connectivity index (χ2n) is 6.72. The number of hydrogen-bond donors (Lipinski definition) is 3. The Balaban J connectivity index is 1.62. The predicted octanol–water partition coefficient (Wildman–Crippen LogP) is 2.21. The average Bonchev–Trinajstić information content (AvgIpc) is 2.65. The monoisotopic (exact) mass is 404 g/mol. The van der Waals surface area contributed by atoms with Gasteiger partial charge in [-0.25, -0.2) is 0 Å². The van der Waals surface area contributed by atoms with Crippen LogP contribution in [-0.4, -0.2) is 31.4 Å². The van der Waals surface area contributed by atoms with Crippen molar-refractivity contribution < 1.29 is 14.5 Å². The van der Waals surface area contributed by atoms with Crippen LogP contribution in [0.15, 0.2) is 58.3 Å². The van der Waals surface area contributed by atoms with Crippen LogP contribution >= 0.6 is 23.4 Å². The molecule has 1 aliphatic heterocycles. The second kappa shape index (κ2) is 9.26. The standard InChI is InChI=1S/C20H22ClN3O2S/c21-15-7-9-16(10-8-15)27-18-6-2-1-5-17(18)23-19(25)13-24-11-3-4-14(12-24)20(22)26/h1-2,5-10,14H,3-4,11-13H2,(H2,22,26)(H,23,25)/p+1/t14-/m1/s1. The van der Waals surface area contributed by atoms with Gasteiger partial charge >= 0.3 is 0 Å². The molecule has 1 fully saturated rings. The van der Waals surface area contributed by atoms with Gasteiger partial charge in [0.2, 0.25) is 5.91 Å². The first-order valence-electron chi connectivity index (χ1n) is 8.96. The SMILES string of the molecule is NC(=O)[C@@H]1CCC[NH+](CC(=O)Nc2ccccc2Sc2ccc(Cl)cc2)C1. The van der Waals surface area contributed by atoms with E-state index in [2.05, 4.69) is 5.32 Å². The summed E-state index contributed by atoms with van der Waals surface area (Å²) in [7, 11) is 0. The highest BCUT2D eigenvalue weighted by Gasteiger charge is 2.28. The highest BCUT2D eigenvalue weighted by molar-refractivity contribution is 7.99. The summed E-state index contributed by atoms with van der Waals surface area (Å²) in [6.45, 7) is 1.85. The van der Waals surface area contributed by atoms with E-state index < -0.39 is 0 Å². The van der Waals surface area contributed by atoms with E-state index in [0.717, 1.165) is 39.8 Å². The maximum absolute atomic E-state index is 12.5. The molecular formula is C20H23ClN3O2S+. The Labute approximate surface area is 168 Å². The molecule has 5 nitrogen and oxygen atoms in total. The lowest BCUT2D eigenvalue weighted by atomic mass is 9.97. The van der Waals surface area contributed by atoms with E-state index in [1.165, 1.54) is 0 Å². The third-order valence-corrected chi connectivity index (χ3v) is 5.97. The predicted molar refractivity (Wildman–Crippen MR) is 108 cm³/mol. The van der Waals surface area contributed by atoms with Crippen molar-refractivity contribution in [2.45, 2.75) is 22.6 Å². The fourth-order valence-corrected chi connectivity index (χ4v) is 4.29. The van der Waals surface area contributed by atoms with E-state index in [1.54, 1.807) is 11.8 Å². The molecule has 1 heterocycles. The summed E-state index contributed by atoms with van der Waals surface area (Å²) in [5.41, 5.74) is 6.21. The number of carbonyl (C=O) groups excluding carboxylic acids is 2. The third kappa shape index (κ3) is 5.73. The van der Waals surface area contributed by atoms with Crippen molar-refractivity contribution in [2.75, 3.05) is 25.0 Å². The van der Waals surface area contributed by atoms with Crippen LogP contribution in [0.25, 0.3) is 0 Å². The number of nitrogens with two attached hydrogens (primary N) is 1. The molecule has 3 rings (SSSR count). The first-order chi connectivity index (χ1) is 13.0. The molecule has 2 aromatic carbocycles. The van der Waals surface area contributed by atoms with Crippen LogP contribution in [0.4, 0.5) is 5.69 Å². The molecule has 1 unspecified atom stereocenters. The molecule has 0 spiro atoms. The summed E-state index contributed by atoms with van der Waals surface area (Å²) in [5, 5.41) is 3.70. The van der Waals surface area contributed by atoms with Crippen molar-refractivity contribution in [3.63, 3.8) is 0 Å². The van der Waals surface area contributed by atoms with Crippen LogP contribution in [-0.2, 0) is 9.59 Å². The van der Waals surface area contributed by atoms with Crippen molar-refractivity contribution in [3.05, 3.63) is 53.6 Å². The summed E-state index contributed by atoms with van der Waals surface area (Å²) < 4.78 is 0. The molecule has 142 valence electrons. The zero-order chi connectivity index (χ0) is 19.2. The van der Waals surface area contributed by atoms with E-state index in [1.807, 2.05) is 48.5 Å². The van der Waals surface area contributed by atoms with Crippen molar-refractivity contribution in [2.24, 2.45) is 11.7 Å². The van der Waals surface area contributed by atoms with Gasteiger partial charge in [-0.3, -0.25) is 9.59 Å². The van der Waals surface area contributed by atoms with Crippen molar-refractivity contribution in [3.8, 4) is 0 Å². The van der Waals surface area contributed by atoms with Crippen LogP contribution in [0.1, 0.15) is 12.8 Å². The fraction of sp³-hybridized carbons (Fsp3) is 0.300. The van der Waals surface area contributed by atoms with Gasteiger partial charge in [-0.15, -0.1) is 0 Å². The number of rotatable bonds is 6. The number of carbonyl (C=O) groups is 2. The van der Waals surface area contributed by atoms with E-state index in [0.29, 0.717) is 18.1 Å². The van der Waals surface area contributed by atoms with Gasteiger partial charge in [0.25, 0.3) is 5.91 Å². The zero-order valence-electron chi connectivity index (χ0n) is 14.9. The van der Waals surface area contributed by atoms with Crippen LogP contribution < -0.4 is 16.0 Å². The van der Waals surface area contributed by atoms with Crippen molar-refractivity contribution in [1.82, 2.24) is 0 Å². The summed E-state index contributed by atoms with van der Waals surface area (Å²) in [5.74, 6) is -0.453. The molecule has 2 amide bonds. The summed E-state index contributed by atoms with van der Waals surface area (Å²) >= 11 is 7.51. The molecule has 4 N–H and O–H groups in total. The number of hydrogen-bond acceptors (Lipinski definition) is 3. The largest absolute Gasteiger partial charge is 0.369 e. The van der Waals surface area contributed by atoms with Gasteiger partial charge in [-0.05, 0) is 49.2 Å². The zero-order valence-corrected chi connectivity index (χ0v) is 16.5. The molecule has 1 aliphatic rings. The normalized spacial score (nSPS) is 19.4. The van der Waals surface area contributed by atoms with Crippen molar-refractivity contribution in [1.29, 1.82) is 0 Å². The van der Waals surface area contributed by atoms with Gasteiger partial charge in [-0.1, -0.05) is 35.5 Å². The molecule has 7 heteroatoms. The molecule has 2 atom stereocenters. The van der Waals surface area contributed by atoms with E-state index in [9.17, 15) is 9.59 Å². The number of quaternary nitrogens is 1. The Morgan fingerprint density at radius 1 is 1.19 bits per heavy atom. The number of amides is 2. The highest BCUT2D eigenvalue weighted by atomic mass is 35.5. The minimum atomic E-state index is -0.266. The molecule has 27 heavy (non-hydrogen) atoms. The minimum Gasteiger partial charge on any atom is -0.369 e. The molecule has 0 saturated carbocycles. The number of halogens is 1.